The standard InChI is InChI=1S/C6H6O.C3H5.3CO.Ru/c7-6-4-2-1-3-5-6;1-3-2;3*1-2;/h1-5,7H;3H,1-2H2;;;;/q;-1;;;;+3. The van der Waals surface area contributed by atoms with Crippen molar-refractivity contribution in [2.24, 2.45) is 0 Å². The Hall–Kier alpha value is -1.53. The van der Waals surface area contributed by atoms with E-state index in [0.29, 0.717) is 5.75 Å². The quantitative estimate of drug-likeness (QED) is 0.444. The molecule has 0 aliphatic carbocycles. The summed E-state index contributed by atoms with van der Waals surface area (Å²) in [4.78, 5) is 0. The maximum Gasteiger partial charge on any atom is 3.00 e. The number of phenols is 1. The summed E-state index contributed by atoms with van der Waals surface area (Å²) in [5, 5.41) is 8.63. The third kappa shape index (κ3) is 53.7. The SMILES string of the molecule is C=C[CH2-].Oc1ccccc1.[C-]#[O+].[C-]#[O+].[C-]#[O+].[Ru+3]. The van der Waals surface area contributed by atoms with Gasteiger partial charge in [0.05, 0.1) is 0 Å². The predicted octanol–water partition coefficient (Wildman–Crippen LogP) is 2.28. The Morgan fingerprint density at radius 2 is 1.24 bits per heavy atom. The van der Waals surface area contributed by atoms with Crippen LogP contribution in [0.2, 0.25) is 0 Å². The molecule has 0 fully saturated rings. The van der Waals surface area contributed by atoms with Gasteiger partial charge in [-0.25, -0.2) is 19.6 Å². The van der Waals surface area contributed by atoms with Crippen molar-refractivity contribution in [3.05, 3.63) is 69.9 Å². The van der Waals surface area contributed by atoms with E-state index in [1.165, 1.54) is 6.08 Å². The molecular formula is C12H11O4Ru+2. The van der Waals surface area contributed by atoms with Gasteiger partial charge in [0.1, 0.15) is 5.75 Å². The van der Waals surface area contributed by atoms with Crippen LogP contribution >= 0.6 is 0 Å². The van der Waals surface area contributed by atoms with Crippen LogP contribution in [0.5, 0.6) is 5.75 Å². The molecule has 17 heavy (non-hydrogen) atoms. The van der Waals surface area contributed by atoms with Crippen LogP contribution in [0.4, 0.5) is 0 Å². The molecule has 0 saturated carbocycles. The second kappa shape index (κ2) is 47.0. The molecule has 0 unspecified atom stereocenters. The molecule has 0 aromatic heterocycles. The monoisotopic (exact) mass is 321 g/mol. The van der Waals surface area contributed by atoms with Gasteiger partial charge in [0.2, 0.25) is 0 Å². The predicted molar refractivity (Wildman–Crippen MR) is 55.4 cm³/mol. The Labute approximate surface area is 114 Å². The molecule has 5 heteroatoms. The van der Waals surface area contributed by atoms with Crippen molar-refractivity contribution in [1.82, 2.24) is 0 Å². The Kier molecular flexibility index (Phi) is 81.8. The summed E-state index contributed by atoms with van der Waals surface area (Å²) >= 11 is 0. The first-order chi connectivity index (χ1) is 7.81. The largest absolute Gasteiger partial charge is 3.00 e. The molecule has 1 aromatic carbocycles. The molecule has 0 heterocycles. The molecule has 0 atom stereocenters. The van der Waals surface area contributed by atoms with Gasteiger partial charge < -0.3 is 5.11 Å². The molecule has 1 radical (unpaired) electrons. The van der Waals surface area contributed by atoms with Crippen molar-refractivity contribution in [2.45, 2.75) is 0 Å². The molecule has 0 saturated heterocycles. The van der Waals surface area contributed by atoms with Gasteiger partial charge in [0, 0.05) is 0 Å². The van der Waals surface area contributed by atoms with E-state index in [4.69, 9.17) is 19.1 Å². The number of allylic oxidation sites excluding steroid dienone is 1. The molecule has 4 nitrogen and oxygen atoms in total. The normalized spacial score (nSPS) is 4.59. The van der Waals surface area contributed by atoms with Crippen molar-refractivity contribution in [2.75, 3.05) is 0 Å². The average Bonchev–Trinajstić information content (AvgIpc) is 2.38. The van der Waals surface area contributed by atoms with Gasteiger partial charge in [-0.15, -0.1) is 0 Å². The van der Waals surface area contributed by atoms with Gasteiger partial charge in [-0.05, 0) is 12.1 Å². The Morgan fingerprint density at radius 1 is 1.00 bits per heavy atom. The summed E-state index contributed by atoms with van der Waals surface area (Å²) < 4.78 is 22.5. The van der Waals surface area contributed by atoms with Crippen LogP contribution < -0.4 is 0 Å². The van der Waals surface area contributed by atoms with E-state index in [1.807, 2.05) is 6.07 Å². The summed E-state index contributed by atoms with van der Waals surface area (Å²) in [5.74, 6) is 0.322. The molecule has 0 spiro atoms. The van der Waals surface area contributed by atoms with Crippen LogP contribution in [0.3, 0.4) is 0 Å². The molecule has 1 aromatic rings. The van der Waals surface area contributed by atoms with E-state index in [-0.39, 0.29) is 19.5 Å². The van der Waals surface area contributed by atoms with E-state index in [0.717, 1.165) is 0 Å². The zero-order valence-corrected chi connectivity index (χ0v) is 10.6. The Morgan fingerprint density at radius 3 is 1.35 bits per heavy atom. The molecule has 0 bridgehead atoms. The number of hydrogen-bond acceptors (Lipinski definition) is 1. The van der Waals surface area contributed by atoms with Crippen molar-refractivity contribution in [1.29, 1.82) is 0 Å². The van der Waals surface area contributed by atoms with Crippen LogP contribution in [-0.2, 0) is 33.4 Å². The van der Waals surface area contributed by atoms with Gasteiger partial charge in [0.25, 0.3) is 0 Å². The Bertz CT molecular complexity index is 263. The third-order valence-corrected chi connectivity index (χ3v) is 0.756. The first kappa shape index (κ1) is 29.5. The summed E-state index contributed by atoms with van der Waals surface area (Å²) in [7, 11) is 0. The van der Waals surface area contributed by atoms with Crippen molar-refractivity contribution < 1.29 is 38.5 Å². The summed E-state index contributed by atoms with van der Waals surface area (Å²) in [6.45, 7) is 20.0. The fourth-order valence-electron chi connectivity index (χ4n) is 0.428. The Balaban J connectivity index is -0.0000000417. The summed E-state index contributed by atoms with van der Waals surface area (Å²) in [5.41, 5.74) is 0. The summed E-state index contributed by atoms with van der Waals surface area (Å²) in [6.07, 6.45) is 1.50. The number of benzene rings is 1. The minimum Gasteiger partial charge on any atom is 3.00 e. The summed E-state index contributed by atoms with van der Waals surface area (Å²) in [6, 6.07) is 8.71. The van der Waals surface area contributed by atoms with Crippen molar-refractivity contribution >= 4 is 0 Å². The van der Waals surface area contributed by atoms with Gasteiger partial charge >= 0.3 is 53.4 Å². The number of aromatic hydroxyl groups is 1. The van der Waals surface area contributed by atoms with E-state index in [2.05, 4.69) is 33.5 Å². The molecule has 0 aliphatic rings. The maximum absolute atomic E-state index is 8.63. The molecular weight excluding hydrogens is 309 g/mol. The van der Waals surface area contributed by atoms with Crippen LogP contribution in [0.1, 0.15) is 0 Å². The van der Waals surface area contributed by atoms with Crippen LogP contribution in [0.15, 0.2) is 43.0 Å². The molecule has 0 amide bonds. The van der Waals surface area contributed by atoms with Crippen molar-refractivity contribution in [3.8, 4) is 5.75 Å². The molecule has 1 N–H and O–H groups in total. The van der Waals surface area contributed by atoms with Crippen LogP contribution in [0, 0.1) is 26.9 Å². The van der Waals surface area contributed by atoms with Crippen LogP contribution in [-0.4, -0.2) is 5.11 Å². The molecule has 1 rings (SSSR count). The zero-order valence-electron chi connectivity index (χ0n) is 8.90. The first-order valence-corrected chi connectivity index (χ1v) is 3.56. The maximum atomic E-state index is 8.63. The van der Waals surface area contributed by atoms with Crippen LogP contribution in [0.25, 0.3) is 0 Å². The minimum atomic E-state index is 0. The molecule has 0 aliphatic heterocycles. The average molecular weight is 320 g/mol. The number of hydrogen-bond donors (Lipinski definition) is 1. The van der Waals surface area contributed by atoms with Gasteiger partial charge in [-0.3, -0.25) is 0 Å². The van der Waals surface area contributed by atoms with Gasteiger partial charge in [-0.1, -0.05) is 18.2 Å². The number of para-hydroxylation sites is 1. The topological polar surface area (TPSA) is 79.9 Å². The fraction of sp³-hybridized carbons (Fsp3) is 0. The van der Waals surface area contributed by atoms with Gasteiger partial charge in [0.15, 0.2) is 0 Å². The van der Waals surface area contributed by atoms with E-state index < -0.39 is 0 Å². The number of phenolic OH excluding ortho intramolecular Hbond substituents is 1. The second-order valence-electron chi connectivity index (χ2n) is 1.62. The van der Waals surface area contributed by atoms with E-state index >= 15 is 0 Å². The third-order valence-electron chi connectivity index (χ3n) is 0.756. The minimum absolute atomic E-state index is 0. The van der Waals surface area contributed by atoms with Crippen molar-refractivity contribution in [3.63, 3.8) is 0 Å². The zero-order chi connectivity index (χ0) is 13.8. The number of rotatable bonds is 0. The second-order valence-corrected chi connectivity index (χ2v) is 1.62. The van der Waals surface area contributed by atoms with E-state index in [1.54, 1.807) is 24.3 Å². The van der Waals surface area contributed by atoms with E-state index in [9.17, 15) is 0 Å². The van der Waals surface area contributed by atoms with Gasteiger partial charge in [-0.2, -0.15) is 0 Å². The first-order valence-electron chi connectivity index (χ1n) is 3.56. The molecule has 89 valence electrons. The fourth-order valence-corrected chi connectivity index (χ4v) is 0.428. The smallest absolute Gasteiger partial charge is 3.00 e.